The van der Waals surface area contributed by atoms with Gasteiger partial charge < -0.3 is 4.74 Å². The molecular formula is C26H23FO3S2. The van der Waals surface area contributed by atoms with Crippen LogP contribution in [0.2, 0.25) is 0 Å². The molecule has 0 atom stereocenters. The lowest BCUT2D eigenvalue weighted by atomic mass is 9.98. The number of rotatable bonds is 9. The maximum Gasteiger partial charge on any atom is 0.195 e. The summed E-state index contributed by atoms with van der Waals surface area (Å²) in [7, 11) is 0. The number of thioether (sulfide) groups is 2. The molecule has 0 unspecified atom stereocenters. The smallest absolute Gasteiger partial charge is 0.195 e. The van der Waals surface area contributed by atoms with Gasteiger partial charge in [-0.3, -0.25) is 9.59 Å². The Morgan fingerprint density at radius 2 is 1.66 bits per heavy atom. The highest BCUT2D eigenvalue weighted by Crippen LogP contribution is 2.28. The minimum Gasteiger partial charge on any atom is -0.488 e. The predicted molar refractivity (Wildman–Crippen MR) is 131 cm³/mol. The number of hydrogen-bond donors (Lipinski definition) is 0. The lowest BCUT2D eigenvalue weighted by Crippen LogP contribution is -2.08. The first-order chi connectivity index (χ1) is 15.4. The van der Waals surface area contributed by atoms with Crippen LogP contribution in [-0.2, 0) is 6.61 Å². The number of carbonyl (C=O) groups is 2. The molecule has 0 aliphatic heterocycles. The van der Waals surface area contributed by atoms with Crippen LogP contribution in [0.15, 0.2) is 77.0 Å². The van der Waals surface area contributed by atoms with Crippen LogP contribution in [0.3, 0.4) is 0 Å². The molecule has 3 nitrogen and oxygen atoms in total. The van der Waals surface area contributed by atoms with Crippen molar-refractivity contribution in [3.63, 3.8) is 0 Å². The fourth-order valence-electron chi connectivity index (χ4n) is 3.07. The number of ketones is 2. The van der Waals surface area contributed by atoms with Crippen LogP contribution in [0.1, 0.15) is 37.4 Å². The number of allylic oxidation sites excluding steroid dienone is 1. The van der Waals surface area contributed by atoms with Gasteiger partial charge >= 0.3 is 0 Å². The van der Waals surface area contributed by atoms with Crippen molar-refractivity contribution in [2.45, 2.75) is 13.5 Å². The molecule has 6 heteroatoms. The third-order valence-corrected chi connectivity index (χ3v) is 6.81. The second-order valence-electron chi connectivity index (χ2n) is 7.03. The van der Waals surface area contributed by atoms with E-state index in [1.54, 1.807) is 25.1 Å². The number of aryl methyl sites for hydroxylation is 1. The van der Waals surface area contributed by atoms with Crippen molar-refractivity contribution in [1.82, 2.24) is 0 Å². The largest absolute Gasteiger partial charge is 0.488 e. The van der Waals surface area contributed by atoms with E-state index in [1.165, 1.54) is 47.8 Å². The van der Waals surface area contributed by atoms with E-state index in [1.807, 2.05) is 42.8 Å². The zero-order valence-electron chi connectivity index (χ0n) is 18.1. The van der Waals surface area contributed by atoms with Crippen molar-refractivity contribution in [2.24, 2.45) is 0 Å². The second kappa shape index (κ2) is 11.2. The molecule has 3 aromatic rings. The summed E-state index contributed by atoms with van der Waals surface area (Å²) in [5.41, 5.74) is 2.14. The van der Waals surface area contributed by atoms with Gasteiger partial charge in [0.1, 0.15) is 18.2 Å². The summed E-state index contributed by atoms with van der Waals surface area (Å²) in [5.74, 6) is -0.965. The van der Waals surface area contributed by atoms with E-state index in [0.29, 0.717) is 5.75 Å². The zero-order chi connectivity index (χ0) is 23.1. The van der Waals surface area contributed by atoms with Gasteiger partial charge in [0, 0.05) is 15.9 Å². The van der Waals surface area contributed by atoms with Crippen molar-refractivity contribution in [3.8, 4) is 5.75 Å². The molecule has 0 aromatic heterocycles. The van der Waals surface area contributed by atoms with Crippen LogP contribution >= 0.6 is 23.5 Å². The first-order valence-electron chi connectivity index (χ1n) is 9.88. The summed E-state index contributed by atoms with van der Waals surface area (Å²) in [6.45, 7) is 2.04. The van der Waals surface area contributed by atoms with Crippen LogP contribution in [0, 0.1) is 12.7 Å². The second-order valence-corrected chi connectivity index (χ2v) is 8.99. The van der Waals surface area contributed by atoms with Crippen molar-refractivity contribution >= 4 is 35.1 Å². The Bertz CT molecular complexity index is 1150. The predicted octanol–water partition coefficient (Wildman–Crippen LogP) is 6.69. The van der Waals surface area contributed by atoms with Crippen LogP contribution in [0.25, 0.3) is 0 Å². The standard InChI is InChI=1S/C26H23FO3S2/c1-17-9-11-20(22(27)13-17)26(29)19-10-12-24(30-16-18-7-5-4-6-8-18)21(14-19)23(28)15-25(31-2)32-3/h4-15H,16H2,1-3H3. The topological polar surface area (TPSA) is 43.4 Å². The van der Waals surface area contributed by atoms with Gasteiger partial charge in [-0.25, -0.2) is 4.39 Å². The van der Waals surface area contributed by atoms with Crippen molar-refractivity contribution in [3.05, 3.63) is 111 Å². The average molecular weight is 467 g/mol. The molecule has 0 aliphatic rings. The van der Waals surface area contributed by atoms with Crippen LogP contribution < -0.4 is 4.74 Å². The first kappa shape index (κ1) is 23.8. The lowest BCUT2D eigenvalue weighted by molar-refractivity contribution is 0.103. The number of ether oxygens (including phenoxy) is 1. The molecule has 32 heavy (non-hydrogen) atoms. The van der Waals surface area contributed by atoms with E-state index in [4.69, 9.17) is 4.74 Å². The van der Waals surface area contributed by atoms with Gasteiger partial charge in [0.2, 0.25) is 0 Å². The molecule has 3 aromatic carbocycles. The van der Waals surface area contributed by atoms with E-state index in [0.717, 1.165) is 15.4 Å². The molecule has 0 radical (unpaired) electrons. The molecule has 3 rings (SSSR count). The van der Waals surface area contributed by atoms with E-state index in [2.05, 4.69) is 0 Å². The number of halogens is 1. The fourth-order valence-corrected chi connectivity index (χ4v) is 4.19. The highest BCUT2D eigenvalue weighted by atomic mass is 32.2. The van der Waals surface area contributed by atoms with E-state index in [9.17, 15) is 14.0 Å². The van der Waals surface area contributed by atoms with Crippen molar-refractivity contribution in [2.75, 3.05) is 12.5 Å². The van der Waals surface area contributed by atoms with Crippen molar-refractivity contribution < 1.29 is 18.7 Å². The maximum atomic E-state index is 14.4. The maximum absolute atomic E-state index is 14.4. The number of benzene rings is 3. The molecule has 0 spiro atoms. The molecule has 0 fully saturated rings. The Hall–Kier alpha value is -2.83. The highest BCUT2D eigenvalue weighted by Gasteiger charge is 2.19. The van der Waals surface area contributed by atoms with Gasteiger partial charge in [0.05, 0.1) is 11.1 Å². The summed E-state index contributed by atoms with van der Waals surface area (Å²) in [4.78, 5) is 26.0. The minimum atomic E-state index is -0.584. The number of hydrogen-bond acceptors (Lipinski definition) is 5. The summed E-state index contributed by atoms with van der Waals surface area (Å²) in [5, 5.41) is 0. The molecule has 0 N–H and O–H groups in total. The Balaban J connectivity index is 1.99. The van der Waals surface area contributed by atoms with Gasteiger partial charge in [-0.15, -0.1) is 23.5 Å². The van der Waals surface area contributed by atoms with E-state index < -0.39 is 11.6 Å². The Morgan fingerprint density at radius 3 is 2.31 bits per heavy atom. The molecule has 164 valence electrons. The lowest BCUT2D eigenvalue weighted by Gasteiger charge is -2.12. The Labute approximate surface area is 196 Å². The fraction of sp³-hybridized carbons (Fsp3) is 0.154. The molecule has 0 aliphatic carbocycles. The first-order valence-corrected chi connectivity index (χ1v) is 12.3. The monoisotopic (exact) mass is 466 g/mol. The number of carbonyl (C=O) groups excluding carboxylic acids is 2. The summed E-state index contributed by atoms with van der Waals surface area (Å²) >= 11 is 2.93. The van der Waals surface area contributed by atoms with Gasteiger partial charge in [0.15, 0.2) is 11.6 Å². The highest BCUT2D eigenvalue weighted by molar-refractivity contribution is 8.21. The molecule has 0 saturated heterocycles. The Morgan fingerprint density at radius 1 is 0.938 bits per heavy atom. The van der Waals surface area contributed by atoms with Crippen LogP contribution in [0.5, 0.6) is 5.75 Å². The van der Waals surface area contributed by atoms with Gasteiger partial charge in [-0.2, -0.15) is 0 Å². The summed E-state index contributed by atoms with van der Waals surface area (Å²) in [6.07, 6.45) is 5.31. The van der Waals surface area contributed by atoms with Crippen LogP contribution in [-0.4, -0.2) is 24.1 Å². The zero-order valence-corrected chi connectivity index (χ0v) is 19.7. The van der Waals surface area contributed by atoms with Crippen molar-refractivity contribution in [1.29, 1.82) is 0 Å². The third kappa shape index (κ3) is 5.90. The van der Waals surface area contributed by atoms with Gasteiger partial charge in [-0.1, -0.05) is 36.4 Å². The molecule has 0 heterocycles. The third-order valence-electron chi connectivity index (χ3n) is 4.76. The van der Waals surface area contributed by atoms with Crippen LogP contribution in [0.4, 0.5) is 4.39 Å². The minimum absolute atomic E-state index is 0.0311. The quantitative estimate of drug-likeness (QED) is 0.259. The molecule has 0 saturated carbocycles. The van der Waals surface area contributed by atoms with Gasteiger partial charge in [0.25, 0.3) is 0 Å². The normalized spacial score (nSPS) is 10.5. The summed E-state index contributed by atoms with van der Waals surface area (Å²) in [6, 6.07) is 18.7. The average Bonchev–Trinajstić information content (AvgIpc) is 2.81. The molecule has 0 bridgehead atoms. The molecular weight excluding hydrogens is 443 g/mol. The van der Waals surface area contributed by atoms with E-state index >= 15 is 0 Å². The SMILES string of the molecule is CSC(=CC(=O)c1cc(C(=O)c2ccc(C)cc2F)ccc1OCc1ccccc1)SC. The summed E-state index contributed by atoms with van der Waals surface area (Å²) < 4.78 is 21.1. The van der Waals surface area contributed by atoms with E-state index in [-0.39, 0.29) is 29.1 Å². The molecule has 0 amide bonds. The Kier molecular flexibility index (Phi) is 8.31. The van der Waals surface area contributed by atoms with Gasteiger partial charge in [-0.05, 0) is 60.9 Å².